The van der Waals surface area contributed by atoms with Crippen molar-refractivity contribution in [1.82, 2.24) is 0 Å². The maximum atomic E-state index is 5.51. The van der Waals surface area contributed by atoms with E-state index in [-0.39, 0.29) is 0 Å². The van der Waals surface area contributed by atoms with Gasteiger partial charge >= 0.3 is 0 Å². The summed E-state index contributed by atoms with van der Waals surface area (Å²) in [5.41, 5.74) is 6.87. The van der Waals surface area contributed by atoms with E-state index in [0.717, 1.165) is 13.0 Å². The predicted molar refractivity (Wildman–Crippen MR) is 60.2 cm³/mol. The highest BCUT2D eigenvalue weighted by atomic mass is 32.2. The third kappa shape index (κ3) is 3.41. The molecule has 0 bridgehead atoms. The summed E-state index contributed by atoms with van der Waals surface area (Å²) in [6.07, 6.45) is 1.08. The molecule has 2 heteroatoms. The van der Waals surface area contributed by atoms with Crippen molar-refractivity contribution < 1.29 is 0 Å². The van der Waals surface area contributed by atoms with Crippen LogP contribution in [0.1, 0.15) is 18.9 Å². The number of rotatable bonds is 4. The molecule has 0 fully saturated rings. The first-order chi connectivity index (χ1) is 6.24. The first-order valence-corrected chi connectivity index (χ1v) is 5.54. The van der Waals surface area contributed by atoms with Gasteiger partial charge in [-0.3, -0.25) is 0 Å². The highest BCUT2D eigenvalue weighted by Crippen LogP contribution is 2.27. The van der Waals surface area contributed by atoms with Crippen molar-refractivity contribution in [2.75, 3.05) is 6.54 Å². The standard InChI is InChI=1S/C11H17NS/c1-9-5-3-4-6-11(9)13-10(2)7-8-12/h3-6,10H,7-8,12H2,1-2H3. The topological polar surface area (TPSA) is 26.0 Å². The minimum Gasteiger partial charge on any atom is -0.330 e. The average molecular weight is 195 g/mol. The molecule has 1 rings (SSSR count). The van der Waals surface area contributed by atoms with Gasteiger partial charge in [0.25, 0.3) is 0 Å². The van der Waals surface area contributed by atoms with E-state index >= 15 is 0 Å². The van der Waals surface area contributed by atoms with Gasteiger partial charge < -0.3 is 5.73 Å². The Morgan fingerprint density at radius 3 is 2.69 bits per heavy atom. The fourth-order valence-electron chi connectivity index (χ4n) is 1.20. The van der Waals surface area contributed by atoms with Crippen LogP contribution in [0.15, 0.2) is 29.2 Å². The molecule has 0 radical (unpaired) electrons. The van der Waals surface area contributed by atoms with Gasteiger partial charge in [0, 0.05) is 10.1 Å². The lowest BCUT2D eigenvalue weighted by molar-refractivity contribution is 0.823. The molecule has 0 saturated heterocycles. The van der Waals surface area contributed by atoms with Gasteiger partial charge in [-0.25, -0.2) is 0 Å². The highest BCUT2D eigenvalue weighted by Gasteiger charge is 2.04. The van der Waals surface area contributed by atoms with Crippen LogP contribution in [0.3, 0.4) is 0 Å². The molecule has 0 heterocycles. The number of hydrogen-bond donors (Lipinski definition) is 1. The molecule has 2 N–H and O–H groups in total. The van der Waals surface area contributed by atoms with E-state index in [1.807, 2.05) is 11.8 Å². The van der Waals surface area contributed by atoms with Crippen LogP contribution in [-0.2, 0) is 0 Å². The van der Waals surface area contributed by atoms with Crippen LogP contribution in [0.25, 0.3) is 0 Å². The predicted octanol–water partition coefficient (Wildman–Crippen LogP) is 2.82. The second-order valence-corrected chi connectivity index (χ2v) is 4.75. The maximum absolute atomic E-state index is 5.51. The molecular weight excluding hydrogens is 178 g/mol. The SMILES string of the molecule is Cc1ccccc1SC(C)CCN. The summed E-state index contributed by atoms with van der Waals surface area (Å²) in [6, 6.07) is 8.49. The van der Waals surface area contributed by atoms with Crippen molar-refractivity contribution >= 4 is 11.8 Å². The smallest absolute Gasteiger partial charge is 0.0104 e. The van der Waals surface area contributed by atoms with Gasteiger partial charge in [0.15, 0.2) is 0 Å². The Morgan fingerprint density at radius 1 is 1.38 bits per heavy atom. The van der Waals surface area contributed by atoms with Gasteiger partial charge in [0.05, 0.1) is 0 Å². The second-order valence-electron chi connectivity index (χ2n) is 3.27. The van der Waals surface area contributed by atoms with E-state index in [0.29, 0.717) is 5.25 Å². The molecule has 72 valence electrons. The molecule has 1 nitrogen and oxygen atoms in total. The first-order valence-electron chi connectivity index (χ1n) is 4.66. The Morgan fingerprint density at radius 2 is 2.08 bits per heavy atom. The summed E-state index contributed by atoms with van der Waals surface area (Å²) < 4.78 is 0. The van der Waals surface area contributed by atoms with E-state index in [1.165, 1.54) is 10.5 Å². The summed E-state index contributed by atoms with van der Waals surface area (Å²) in [5, 5.41) is 0.617. The van der Waals surface area contributed by atoms with Gasteiger partial charge in [0.1, 0.15) is 0 Å². The van der Waals surface area contributed by atoms with Crippen molar-refractivity contribution in [2.24, 2.45) is 5.73 Å². The van der Waals surface area contributed by atoms with Gasteiger partial charge in [-0.15, -0.1) is 11.8 Å². The number of nitrogens with two attached hydrogens (primary N) is 1. The van der Waals surface area contributed by atoms with Gasteiger partial charge in [-0.1, -0.05) is 25.1 Å². The Balaban J connectivity index is 2.58. The van der Waals surface area contributed by atoms with E-state index in [2.05, 4.69) is 38.1 Å². The molecule has 0 aliphatic carbocycles. The van der Waals surface area contributed by atoms with Crippen LogP contribution in [-0.4, -0.2) is 11.8 Å². The summed E-state index contributed by atoms with van der Waals surface area (Å²) in [4.78, 5) is 1.38. The van der Waals surface area contributed by atoms with Crippen LogP contribution in [0.5, 0.6) is 0 Å². The Kier molecular flexibility index (Phi) is 4.33. The van der Waals surface area contributed by atoms with Gasteiger partial charge in [0.2, 0.25) is 0 Å². The highest BCUT2D eigenvalue weighted by molar-refractivity contribution is 8.00. The zero-order valence-corrected chi connectivity index (χ0v) is 9.10. The van der Waals surface area contributed by atoms with Crippen molar-refractivity contribution in [3.8, 4) is 0 Å². The number of hydrogen-bond acceptors (Lipinski definition) is 2. The molecule has 0 saturated carbocycles. The molecule has 0 amide bonds. The molecule has 1 aromatic carbocycles. The van der Waals surface area contributed by atoms with Crippen molar-refractivity contribution in [3.63, 3.8) is 0 Å². The summed E-state index contributed by atoms with van der Waals surface area (Å²) in [6.45, 7) is 5.15. The van der Waals surface area contributed by atoms with Crippen molar-refractivity contribution in [1.29, 1.82) is 0 Å². The van der Waals surface area contributed by atoms with Crippen LogP contribution < -0.4 is 5.73 Å². The molecule has 0 aliphatic rings. The molecule has 0 spiro atoms. The van der Waals surface area contributed by atoms with Crippen LogP contribution in [0, 0.1) is 6.92 Å². The van der Waals surface area contributed by atoms with Crippen molar-refractivity contribution in [3.05, 3.63) is 29.8 Å². The number of benzene rings is 1. The van der Waals surface area contributed by atoms with Crippen molar-refractivity contribution in [2.45, 2.75) is 30.4 Å². The molecule has 1 atom stereocenters. The summed E-state index contributed by atoms with van der Waals surface area (Å²) in [7, 11) is 0. The van der Waals surface area contributed by atoms with Gasteiger partial charge in [-0.2, -0.15) is 0 Å². The minimum absolute atomic E-state index is 0.617. The zero-order valence-electron chi connectivity index (χ0n) is 8.29. The summed E-state index contributed by atoms with van der Waals surface area (Å²) in [5.74, 6) is 0. The number of aryl methyl sites for hydroxylation is 1. The van der Waals surface area contributed by atoms with Crippen LogP contribution >= 0.6 is 11.8 Å². The molecule has 0 aliphatic heterocycles. The number of thioether (sulfide) groups is 1. The average Bonchev–Trinajstić information content (AvgIpc) is 2.09. The Hall–Kier alpha value is -0.470. The summed E-state index contributed by atoms with van der Waals surface area (Å²) >= 11 is 1.91. The fraction of sp³-hybridized carbons (Fsp3) is 0.455. The fourth-order valence-corrected chi connectivity index (χ4v) is 2.30. The van der Waals surface area contributed by atoms with Crippen LogP contribution in [0.4, 0.5) is 0 Å². The van der Waals surface area contributed by atoms with E-state index in [4.69, 9.17) is 5.73 Å². The van der Waals surface area contributed by atoms with Crippen LogP contribution in [0.2, 0.25) is 0 Å². The molecular formula is C11H17NS. The monoisotopic (exact) mass is 195 g/mol. The third-order valence-corrected chi connectivity index (χ3v) is 3.35. The normalized spacial score (nSPS) is 12.8. The van der Waals surface area contributed by atoms with Gasteiger partial charge in [-0.05, 0) is 31.5 Å². The molecule has 1 unspecified atom stereocenters. The van der Waals surface area contributed by atoms with E-state index < -0.39 is 0 Å². The molecule has 1 aromatic rings. The Labute approximate surface area is 84.7 Å². The Bertz CT molecular complexity index is 260. The molecule has 13 heavy (non-hydrogen) atoms. The zero-order chi connectivity index (χ0) is 9.68. The molecule has 0 aromatic heterocycles. The second kappa shape index (κ2) is 5.30. The quantitative estimate of drug-likeness (QED) is 0.748. The lowest BCUT2D eigenvalue weighted by Gasteiger charge is -2.11. The first kappa shape index (κ1) is 10.6. The van der Waals surface area contributed by atoms with E-state index in [9.17, 15) is 0 Å². The third-order valence-electron chi connectivity index (χ3n) is 1.99. The minimum atomic E-state index is 0.617. The lowest BCUT2D eigenvalue weighted by atomic mass is 10.2. The largest absolute Gasteiger partial charge is 0.330 e. The van der Waals surface area contributed by atoms with E-state index in [1.54, 1.807) is 0 Å². The lowest BCUT2D eigenvalue weighted by Crippen LogP contribution is -2.06. The maximum Gasteiger partial charge on any atom is 0.0104 e.